The van der Waals surface area contributed by atoms with Gasteiger partial charge in [0.15, 0.2) is 0 Å². The Morgan fingerprint density at radius 1 is 1.27 bits per heavy atom. The predicted octanol–water partition coefficient (Wildman–Crippen LogP) is -4.78. The molecule has 0 aliphatic rings. The number of amides is 1. The summed E-state index contributed by atoms with van der Waals surface area (Å²) in [6.07, 6.45) is -0.0593. The molecule has 0 saturated heterocycles. The SMILES string of the molecule is O=CNC(C(=O)[O-])C(=O)[O-].[Ba+2]. The van der Waals surface area contributed by atoms with Gasteiger partial charge in [-0.3, -0.25) is 4.79 Å². The van der Waals surface area contributed by atoms with Gasteiger partial charge in [0, 0.05) is 0 Å². The van der Waals surface area contributed by atoms with Crippen molar-refractivity contribution in [2.75, 3.05) is 0 Å². The average molecular weight is 282 g/mol. The standard InChI is InChI=1S/C4H5NO5.Ba/c6-1-5-2(3(7)8)4(9)10;/h1-2H,(H,5,6)(H,7,8)(H,9,10);/q;+2/p-2. The molecule has 11 heavy (non-hydrogen) atoms. The summed E-state index contributed by atoms with van der Waals surface area (Å²) in [7, 11) is 0. The summed E-state index contributed by atoms with van der Waals surface area (Å²) < 4.78 is 0. The minimum absolute atomic E-state index is 0. The molecule has 7 heteroatoms. The van der Waals surface area contributed by atoms with Crippen LogP contribution in [0.25, 0.3) is 0 Å². The van der Waals surface area contributed by atoms with Crippen molar-refractivity contribution in [3.8, 4) is 0 Å². The molecule has 0 unspecified atom stereocenters. The van der Waals surface area contributed by atoms with Gasteiger partial charge >= 0.3 is 48.9 Å². The number of hydrogen-bond donors (Lipinski definition) is 1. The second kappa shape index (κ2) is 6.68. The molecule has 0 rings (SSSR count). The van der Waals surface area contributed by atoms with Gasteiger partial charge in [0.2, 0.25) is 6.41 Å². The second-order valence-electron chi connectivity index (χ2n) is 1.36. The number of carbonyl (C=O) groups excluding carboxylic acids is 3. The van der Waals surface area contributed by atoms with Gasteiger partial charge in [-0.1, -0.05) is 0 Å². The van der Waals surface area contributed by atoms with E-state index in [9.17, 15) is 24.6 Å². The van der Waals surface area contributed by atoms with Gasteiger partial charge in [-0.2, -0.15) is 0 Å². The van der Waals surface area contributed by atoms with Crippen LogP contribution in [0.1, 0.15) is 0 Å². The first-order valence-electron chi connectivity index (χ1n) is 2.21. The Morgan fingerprint density at radius 3 is 1.73 bits per heavy atom. The molecule has 0 saturated carbocycles. The molecule has 0 aliphatic carbocycles. The summed E-state index contributed by atoms with van der Waals surface area (Å²) >= 11 is 0. The molecule has 0 radical (unpaired) electrons. The molecule has 0 aromatic carbocycles. The van der Waals surface area contributed by atoms with Gasteiger partial charge in [-0.25, -0.2) is 0 Å². The van der Waals surface area contributed by atoms with E-state index in [1.165, 1.54) is 5.32 Å². The fourth-order valence-corrected chi connectivity index (χ4v) is 0.300. The van der Waals surface area contributed by atoms with Crippen molar-refractivity contribution in [1.82, 2.24) is 5.32 Å². The van der Waals surface area contributed by atoms with Crippen molar-refractivity contribution in [2.24, 2.45) is 0 Å². The quantitative estimate of drug-likeness (QED) is 0.316. The number of carboxylic acid groups (broad SMARTS) is 2. The summed E-state index contributed by atoms with van der Waals surface area (Å²) in [5, 5.41) is 21.0. The molecule has 1 N–H and O–H groups in total. The third-order valence-corrected chi connectivity index (χ3v) is 0.706. The molecule has 0 aromatic heterocycles. The predicted molar refractivity (Wildman–Crippen MR) is 28.8 cm³/mol. The van der Waals surface area contributed by atoms with Crippen LogP contribution >= 0.6 is 0 Å². The Balaban J connectivity index is 0. The van der Waals surface area contributed by atoms with E-state index >= 15 is 0 Å². The molecule has 56 valence electrons. The van der Waals surface area contributed by atoms with E-state index in [1.807, 2.05) is 0 Å². The van der Waals surface area contributed by atoms with Gasteiger partial charge in [-0.15, -0.1) is 0 Å². The normalized spacial score (nSPS) is 8.09. The molecular weight excluding hydrogens is 279 g/mol. The van der Waals surface area contributed by atoms with Crippen molar-refractivity contribution in [1.29, 1.82) is 0 Å². The Morgan fingerprint density at radius 2 is 1.64 bits per heavy atom. The van der Waals surface area contributed by atoms with Crippen LogP contribution in [-0.4, -0.2) is 73.3 Å². The van der Waals surface area contributed by atoms with Crippen LogP contribution in [0.15, 0.2) is 0 Å². The van der Waals surface area contributed by atoms with Crippen LogP contribution in [-0.2, 0) is 14.4 Å². The molecule has 0 aromatic rings. The van der Waals surface area contributed by atoms with E-state index in [-0.39, 0.29) is 55.3 Å². The number of carbonyl (C=O) groups is 3. The van der Waals surface area contributed by atoms with Crippen molar-refractivity contribution in [2.45, 2.75) is 6.04 Å². The first-order chi connectivity index (χ1) is 4.59. The van der Waals surface area contributed by atoms with Gasteiger partial charge in [0.1, 0.15) is 6.04 Å². The topological polar surface area (TPSA) is 109 Å². The maximum Gasteiger partial charge on any atom is 2.00 e. The van der Waals surface area contributed by atoms with Crippen LogP contribution in [0.4, 0.5) is 0 Å². The number of carboxylic acids is 2. The Kier molecular flexibility index (Phi) is 8.23. The zero-order valence-electron chi connectivity index (χ0n) is 5.40. The first kappa shape index (κ1) is 13.6. The Hall–Kier alpha value is -0.0186. The largest absolute Gasteiger partial charge is 2.00 e. The van der Waals surface area contributed by atoms with Gasteiger partial charge in [0.05, 0.1) is 11.9 Å². The van der Waals surface area contributed by atoms with Crippen LogP contribution in [0.2, 0.25) is 0 Å². The van der Waals surface area contributed by atoms with Gasteiger partial charge in [-0.05, 0) is 0 Å². The molecule has 6 nitrogen and oxygen atoms in total. The summed E-state index contributed by atoms with van der Waals surface area (Å²) in [6.45, 7) is 0. The van der Waals surface area contributed by atoms with E-state index in [2.05, 4.69) is 0 Å². The maximum atomic E-state index is 9.78. The molecule has 0 bridgehead atoms. The summed E-state index contributed by atoms with van der Waals surface area (Å²) in [5.41, 5.74) is 0. The second-order valence-corrected chi connectivity index (χ2v) is 1.36. The van der Waals surface area contributed by atoms with Crippen molar-refractivity contribution in [3.05, 3.63) is 0 Å². The minimum Gasteiger partial charge on any atom is -0.547 e. The first-order valence-corrected chi connectivity index (χ1v) is 2.21. The van der Waals surface area contributed by atoms with E-state index in [0.29, 0.717) is 0 Å². The smallest absolute Gasteiger partial charge is 0.547 e. The van der Waals surface area contributed by atoms with E-state index in [0.717, 1.165) is 0 Å². The van der Waals surface area contributed by atoms with Crippen molar-refractivity contribution < 1.29 is 24.6 Å². The van der Waals surface area contributed by atoms with Crippen LogP contribution in [0.3, 0.4) is 0 Å². The third kappa shape index (κ3) is 5.27. The molecule has 0 spiro atoms. The Bertz CT molecular complexity index is 156. The molecular formula is C4H3BaNO5. The average Bonchev–Trinajstić information content (AvgIpc) is 1.81. The molecule has 0 fully saturated rings. The van der Waals surface area contributed by atoms with Crippen LogP contribution < -0.4 is 15.5 Å². The molecule has 0 heterocycles. The van der Waals surface area contributed by atoms with E-state index in [4.69, 9.17) is 0 Å². The number of nitrogens with one attached hydrogen (secondary N) is 1. The summed E-state index contributed by atoms with van der Waals surface area (Å²) in [6, 6.07) is -2.07. The maximum absolute atomic E-state index is 9.78. The fraction of sp³-hybridized carbons (Fsp3) is 0.250. The number of aliphatic carboxylic acids is 2. The van der Waals surface area contributed by atoms with E-state index < -0.39 is 18.0 Å². The zero-order valence-corrected chi connectivity index (χ0v) is 9.84. The number of hydrogen-bond acceptors (Lipinski definition) is 5. The monoisotopic (exact) mass is 283 g/mol. The van der Waals surface area contributed by atoms with Crippen molar-refractivity contribution >= 4 is 67.2 Å². The molecule has 0 aliphatic heterocycles. The zero-order chi connectivity index (χ0) is 8.15. The Labute approximate surface area is 102 Å². The summed E-state index contributed by atoms with van der Waals surface area (Å²) in [5.74, 6) is -3.82. The summed E-state index contributed by atoms with van der Waals surface area (Å²) in [4.78, 5) is 29.1. The number of rotatable bonds is 4. The third-order valence-electron chi connectivity index (χ3n) is 0.706. The van der Waals surface area contributed by atoms with Gasteiger partial charge in [0.25, 0.3) is 0 Å². The van der Waals surface area contributed by atoms with Crippen LogP contribution in [0.5, 0.6) is 0 Å². The molecule has 1 amide bonds. The van der Waals surface area contributed by atoms with Crippen LogP contribution in [0, 0.1) is 0 Å². The fourth-order valence-electron chi connectivity index (χ4n) is 0.300. The van der Waals surface area contributed by atoms with Gasteiger partial charge < -0.3 is 25.1 Å². The van der Waals surface area contributed by atoms with Crippen molar-refractivity contribution in [3.63, 3.8) is 0 Å². The minimum atomic E-state index is -2.07. The molecule has 0 atom stereocenters. The van der Waals surface area contributed by atoms with E-state index in [1.54, 1.807) is 0 Å².